The standard InChI is InChI=1S/C18H20O4/c1-21-18(20)17(19)9-5-6-14-10-12-16(13-11-14)22-15-7-3-2-4-8-15/h2-4,7-8,10-13,17,19H,5-6,9H2,1H3. The summed E-state index contributed by atoms with van der Waals surface area (Å²) in [6, 6.07) is 17.4. The molecule has 0 aliphatic heterocycles. The van der Waals surface area contributed by atoms with Gasteiger partial charge in [0.15, 0.2) is 6.10 Å². The van der Waals surface area contributed by atoms with Crippen LogP contribution in [0.3, 0.4) is 0 Å². The fourth-order valence-electron chi connectivity index (χ4n) is 2.10. The Kier molecular flexibility index (Phi) is 5.98. The van der Waals surface area contributed by atoms with Crippen molar-refractivity contribution in [3.05, 3.63) is 60.2 Å². The molecule has 22 heavy (non-hydrogen) atoms. The summed E-state index contributed by atoms with van der Waals surface area (Å²) < 4.78 is 10.2. The van der Waals surface area contributed by atoms with Crippen molar-refractivity contribution in [2.45, 2.75) is 25.4 Å². The van der Waals surface area contributed by atoms with Gasteiger partial charge in [0.2, 0.25) is 0 Å². The quantitative estimate of drug-likeness (QED) is 0.797. The molecule has 0 aliphatic carbocycles. The summed E-state index contributed by atoms with van der Waals surface area (Å²) in [6.45, 7) is 0. The predicted octanol–water partition coefficient (Wildman–Crippen LogP) is 3.34. The predicted molar refractivity (Wildman–Crippen MR) is 83.9 cm³/mol. The Morgan fingerprint density at radius 1 is 1.05 bits per heavy atom. The van der Waals surface area contributed by atoms with Gasteiger partial charge in [0.05, 0.1) is 7.11 Å². The molecule has 0 aromatic heterocycles. The van der Waals surface area contributed by atoms with E-state index in [1.54, 1.807) is 0 Å². The minimum absolute atomic E-state index is 0.398. The van der Waals surface area contributed by atoms with E-state index in [1.165, 1.54) is 7.11 Å². The number of carbonyl (C=O) groups excluding carboxylic acids is 1. The van der Waals surface area contributed by atoms with Crippen molar-refractivity contribution in [2.75, 3.05) is 7.11 Å². The molecule has 2 rings (SSSR count). The van der Waals surface area contributed by atoms with Crippen LogP contribution in [0.15, 0.2) is 54.6 Å². The zero-order valence-electron chi connectivity index (χ0n) is 12.6. The van der Waals surface area contributed by atoms with Crippen LogP contribution in [0.25, 0.3) is 0 Å². The van der Waals surface area contributed by atoms with Crippen molar-refractivity contribution in [1.82, 2.24) is 0 Å². The summed E-state index contributed by atoms with van der Waals surface area (Å²) >= 11 is 0. The van der Waals surface area contributed by atoms with Gasteiger partial charge in [-0.05, 0) is 49.1 Å². The van der Waals surface area contributed by atoms with Crippen LogP contribution >= 0.6 is 0 Å². The van der Waals surface area contributed by atoms with E-state index in [2.05, 4.69) is 4.74 Å². The fraction of sp³-hybridized carbons (Fsp3) is 0.278. The summed E-state index contributed by atoms with van der Waals surface area (Å²) in [4.78, 5) is 11.1. The van der Waals surface area contributed by atoms with Gasteiger partial charge in [0.1, 0.15) is 11.5 Å². The average molecular weight is 300 g/mol. The number of esters is 1. The first-order valence-corrected chi connectivity index (χ1v) is 7.27. The third kappa shape index (κ3) is 4.90. The maximum atomic E-state index is 11.1. The zero-order chi connectivity index (χ0) is 15.8. The van der Waals surface area contributed by atoms with Gasteiger partial charge in [-0.25, -0.2) is 4.79 Å². The Morgan fingerprint density at radius 3 is 2.32 bits per heavy atom. The molecule has 0 bridgehead atoms. The van der Waals surface area contributed by atoms with E-state index in [-0.39, 0.29) is 0 Å². The number of aliphatic hydroxyl groups excluding tert-OH is 1. The second kappa shape index (κ2) is 8.20. The highest BCUT2D eigenvalue weighted by Gasteiger charge is 2.14. The van der Waals surface area contributed by atoms with Crippen molar-refractivity contribution in [1.29, 1.82) is 0 Å². The molecule has 0 radical (unpaired) electrons. The smallest absolute Gasteiger partial charge is 0.334 e. The van der Waals surface area contributed by atoms with Crippen molar-refractivity contribution >= 4 is 5.97 Å². The molecular formula is C18H20O4. The van der Waals surface area contributed by atoms with E-state index < -0.39 is 12.1 Å². The third-order valence-electron chi connectivity index (χ3n) is 3.32. The van der Waals surface area contributed by atoms with Crippen LogP contribution in [0, 0.1) is 0 Å². The van der Waals surface area contributed by atoms with Crippen molar-refractivity contribution in [3.63, 3.8) is 0 Å². The second-order valence-corrected chi connectivity index (χ2v) is 4.99. The van der Waals surface area contributed by atoms with Crippen LogP contribution in [-0.2, 0) is 16.0 Å². The summed E-state index contributed by atoms with van der Waals surface area (Å²) in [5.41, 5.74) is 1.14. The summed E-state index contributed by atoms with van der Waals surface area (Å²) in [5.74, 6) is 1.01. The molecule has 1 atom stereocenters. The molecule has 2 aromatic rings. The zero-order valence-corrected chi connectivity index (χ0v) is 12.6. The normalized spacial score (nSPS) is 11.7. The Labute approximate surface area is 130 Å². The van der Waals surface area contributed by atoms with Gasteiger partial charge >= 0.3 is 5.97 Å². The number of aryl methyl sites for hydroxylation is 1. The van der Waals surface area contributed by atoms with Crippen LogP contribution in [-0.4, -0.2) is 24.3 Å². The van der Waals surface area contributed by atoms with E-state index in [0.29, 0.717) is 6.42 Å². The molecule has 4 nitrogen and oxygen atoms in total. The number of methoxy groups -OCH3 is 1. The first-order valence-electron chi connectivity index (χ1n) is 7.27. The number of rotatable bonds is 7. The number of ether oxygens (including phenoxy) is 2. The summed E-state index contributed by atoms with van der Waals surface area (Å²) in [7, 11) is 1.27. The molecule has 116 valence electrons. The number of benzene rings is 2. The molecular weight excluding hydrogens is 280 g/mol. The van der Waals surface area contributed by atoms with Gasteiger partial charge in [-0.15, -0.1) is 0 Å². The number of carbonyl (C=O) groups is 1. The minimum Gasteiger partial charge on any atom is -0.467 e. The molecule has 1 unspecified atom stereocenters. The number of aliphatic hydroxyl groups is 1. The molecule has 1 N–H and O–H groups in total. The van der Waals surface area contributed by atoms with Crippen LogP contribution < -0.4 is 4.74 Å². The largest absolute Gasteiger partial charge is 0.467 e. The first kappa shape index (κ1) is 16.0. The van der Waals surface area contributed by atoms with Gasteiger partial charge < -0.3 is 14.6 Å². The van der Waals surface area contributed by atoms with Gasteiger partial charge in [-0.1, -0.05) is 30.3 Å². The Bertz CT molecular complexity index is 578. The molecule has 0 aliphatic rings. The van der Waals surface area contributed by atoms with E-state index in [4.69, 9.17) is 4.74 Å². The first-order chi connectivity index (χ1) is 10.7. The maximum Gasteiger partial charge on any atom is 0.334 e. The molecule has 0 amide bonds. The average Bonchev–Trinajstić information content (AvgIpc) is 2.56. The van der Waals surface area contributed by atoms with Gasteiger partial charge in [-0.2, -0.15) is 0 Å². The highest BCUT2D eigenvalue weighted by molar-refractivity contribution is 5.74. The van der Waals surface area contributed by atoms with Gasteiger partial charge in [0, 0.05) is 0 Å². The monoisotopic (exact) mass is 300 g/mol. The van der Waals surface area contributed by atoms with Crippen LogP contribution in [0.5, 0.6) is 11.5 Å². The lowest BCUT2D eigenvalue weighted by Gasteiger charge is -2.09. The lowest BCUT2D eigenvalue weighted by Crippen LogP contribution is -2.21. The van der Waals surface area contributed by atoms with Crippen molar-refractivity contribution < 1.29 is 19.4 Å². The molecule has 4 heteroatoms. The number of hydrogen-bond donors (Lipinski definition) is 1. The maximum absolute atomic E-state index is 11.1. The van der Waals surface area contributed by atoms with E-state index >= 15 is 0 Å². The molecule has 0 spiro atoms. The highest BCUT2D eigenvalue weighted by Crippen LogP contribution is 2.21. The number of hydrogen-bond acceptors (Lipinski definition) is 4. The molecule has 0 heterocycles. The Hall–Kier alpha value is -2.33. The van der Waals surface area contributed by atoms with Gasteiger partial charge in [-0.3, -0.25) is 0 Å². The lowest BCUT2D eigenvalue weighted by atomic mass is 10.1. The second-order valence-electron chi connectivity index (χ2n) is 4.99. The van der Waals surface area contributed by atoms with E-state index in [1.807, 2.05) is 54.6 Å². The summed E-state index contributed by atoms with van der Waals surface area (Å²) in [6.07, 6.45) is 0.870. The molecule has 2 aromatic carbocycles. The van der Waals surface area contributed by atoms with Crippen molar-refractivity contribution in [3.8, 4) is 11.5 Å². The molecule has 0 saturated carbocycles. The van der Waals surface area contributed by atoms with Crippen LogP contribution in [0.4, 0.5) is 0 Å². The molecule has 0 fully saturated rings. The van der Waals surface area contributed by atoms with Crippen molar-refractivity contribution in [2.24, 2.45) is 0 Å². The topological polar surface area (TPSA) is 55.8 Å². The Morgan fingerprint density at radius 2 is 1.68 bits per heavy atom. The summed E-state index contributed by atoms with van der Waals surface area (Å²) in [5, 5.41) is 9.51. The Balaban J connectivity index is 1.81. The lowest BCUT2D eigenvalue weighted by molar-refractivity contribution is -0.150. The SMILES string of the molecule is COC(=O)C(O)CCCc1ccc(Oc2ccccc2)cc1. The van der Waals surface area contributed by atoms with E-state index in [9.17, 15) is 9.90 Å². The molecule has 0 saturated heterocycles. The van der Waals surface area contributed by atoms with E-state index in [0.717, 1.165) is 29.9 Å². The van der Waals surface area contributed by atoms with Crippen LogP contribution in [0.1, 0.15) is 18.4 Å². The highest BCUT2D eigenvalue weighted by atomic mass is 16.5. The third-order valence-corrected chi connectivity index (χ3v) is 3.32. The van der Waals surface area contributed by atoms with Gasteiger partial charge in [0.25, 0.3) is 0 Å². The van der Waals surface area contributed by atoms with Crippen LogP contribution in [0.2, 0.25) is 0 Å². The number of para-hydroxylation sites is 1. The minimum atomic E-state index is -1.04. The fourth-order valence-corrected chi connectivity index (χ4v) is 2.10.